The normalized spacial score (nSPS) is 18.0. The fraction of sp³-hybridized carbons (Fsp3) is 0.167. The molecule has 0 fully saturated rings. The number of rotatable bonds is 3. The lowest BCUT2D eigenvalue weighted by atomic mass is 9.85. The highest BCUT2D eigenvalue weighted by Gasteiger charge is 2.22. The van der Waals surface area contributed by atoms with E-state index in [9.17, 15) is 4.79 Å². The number of nitrogen functional groups attached to an aromatic ring is 1. The molecule has 3 rings (SSSR count). The van der Waals surface area contributed by atoms with Gasteiger partial charge in [-0.1, -0.05) is 41.9 Å². The van der Waals surface area contributed by atoms with E-state index in [1.54, 1.807) is 24.3 Å². The molecule has 0 radical (unpaired) electrons. The van der Waals surface area contributed by atoms with Gasteiger partial charge in [-0.3, -0.25) is 4.79 Å². The number of allylic oxidation sites excluding steroid dienone is 2. The predicted octanol–water partition coefficient (Wildman–Crippen LogP) is 4.36. The first-order valence-corrected chi connectivity index (χ1v) is 7.60. The summed E-state index contributed by atoms with van der Waals surface area (Å²) in [4.78, 5) is 12.0. The maximum Gasteiger partial charge on any atom is 0.158 e. The van der Waals surface area contributed by atoms with E-state index in [2.05, 4.69) is 17.4 Å². The fourth-order valence-corrected chi connectivity index (χ4v) is 2.92. The van der Waals surface area contributed by atoms with Gasteiger partial charge < -0.3 is 11.1 Å². The first-order chi connectivity index (χ1) is 10.6. The van der Waals surface area contributed by atoms with Gasteiger partial charge in [-0.2, -0.15) is 0 Å². The molecular formula is C18H17ClN2O. The molecule has 0 bridgehead atoms. The summed E-state index contributed by atoms with van der Waals surface area (Å²) >= 11 is 6.01. The van der Waals surface area contributed by atoms with E-state index >= 15 is 0 Å². The monoisotopic (exact) mass is 312 g/mol. The Hall–Kier alpha value is -2.26. The summed E-state index contributed by atoms with van der Waals surface area (Å²) in [7, 11) is 0. The van der Waals surface area contributed by atoms with Crippen LogP contribution < -0.4 is 11.1 Å². The Morgan fingerprint density at radius 2 is 1.86 bits per heavy atom. The number of carbonyl (C=O) groups is 1. The Labute approximate surface area is 134 Å². The van der Waals surface area contributed by atoms with Crippen LogP contribution in [0.2, 0.25) is 5.02 Å². The molecule has 0 aromatic heterocycles. The summed E-state index contributed by atoms with van der Waals surface area (Å²) in [6.45, 7) is 0. The molecule has 0 aliphatic heterocycles. The molecule has 112 valence electrons. The summed E-state index contributed by atoms with van der Waals surface area (Å²) < 4.78 is 0. The van der Waals surface area contributed by atoms with Crippen LogP contribution in [0, 0.1) is 0 Å². The van der Waals surface area contributed by atoms with Gasteiger partial charge in [0.15, 0.2) is 5.78 Å². The lowest BCUT2D eigenvalue weighted by molar-refractivity contribution is -0.115. The van der Waals surface area contributed by atoms with E-state index in [0.29, 0.717) is 17.1 Å². The van der Waals surface area contributed by atoms with Crippen molar-refractivity contribution in [1.29, 1.82) is 0 Å². The zero-order valence-corrected chi connectivity index (χ0v) is 12.8. The standard InChI is InChI=1S/C18H17ClN2O/c19-14-6-7-17(20)18(10-14)21-15-8-13(9-16(22)11-15)12-4-2-1-3-5-12/h1-7,10-11,13,21H,8-9,20H2. The van der Waals surface area contributed by atoms with Gasteiger partial charge in [-0.25, -0.2) is 0 Å². The van der Waals surface area contributed by atoms with Crippen molar-refractivity contribution in [2.75, 3.05) is 11.1 Å². The highest BCUT2D eigenvalue weighted by Crippen LogP contribution is 2.33. The molecular weight excluding hydrogens is 296 g/mol. The minimum absolute atomic E-state index is 0.128. The van der Waals surface area contributed by atoms with E-state index < -0.39 is 0 Å². The molecule has 2 aromatic carbocycles. The van der Waals surface area contributed by atoms with Crippen LogP contribution in [0.3, 0.4) is 0 Å². The topological polar surface area (TPSA) is 55.1 Å². The van der Waals surface area contributed by atoms with Gasteiger partial charge in [-0.15, -0.1) is 0 Å². The third kappa shape index (κ3) is 3.31. The molecule has 1 atom stereocenters. The lowest BCUT2D eigenvalue weighted by Gasteiger charge is -2.24. The van der Waals surface area contributed by atoms with Crippen molar-refractivity contribution in [3.05, 3.63) is 70.9 Å². The summed E-state index contributed by atoms with van der Waals surface area (Å²) in [5.74, 6) is 0.324. The van der Waals surface area contributed by atoms with Gasteiger partial charge in [0.05, 0.1) is 11.4 Å². The molecule has 22 heavy (non-hydrogen) atoms. The number of nitrogens with two attached hydrogens (primary N) is 1. The maximum atomic E-state index is 12.0. The molecule has 0 saturated heterocycles. The molecule has 4 heteroatoms. The van der Waals surface area contributed by atoms with Gasteiger partial charge in [-0.05, 0) is 36.1 Å². The number of ketones is 1. The van der Waals surface area contributed by atoms with Crippen LogP contribution in [0.4, 0.5) is 11.4 Å². The van der Waals surface area contributed by atoms with Crippen molar-refractivity contribution in [3.63, 3.8) is 0 Å². The maximum absolute atomic E-state index is 12.0. The quantitative estimate of drug-likeness (QED) is 0.828. The second-order valence-corrected chi connectivity index (χ2v) is 5.94. The SMILES string of the molecule is Nc1ccc(Cl)cc1NC1=CC(=O)CC(c2ccccc2)C1. The second kappa shape index (κ2) is 6.24. The Bertz CT molecular complexity index is 725. The Morgan fingerprint density at radius 1 is 1.09 bits per heavy atom. The third-order valence-electron chi connectivity index (χ3n) is 3.83. The number of anilines is 2. The molecule has 1 unspecified atom stereocenters. The van der Waals surface area contributed by atoms with Gasteiger partial charge in [0.2, 0.25) is 0 Å². The van der Waals surface area contributed by atoms with E-state index in [1.807, 2.05) is 18.2 Å². The van der Waals surface area contributed by atoms with Crippen LogP contribution in [-0.4, -0.2) is 5.78 Å². The van der Waals surface area contributed by atoms with Crippen LogP contribution in [0.1, 0.15) is 24.3 Å². The molecule has 1 aliphatic carbocycles. The Kier molecular flexibility index (Phi) is 4.16. The molecule has 0 saturated carbocycles. The fourth-order valence-electron chi connectivity index (χ4n) is 2.75. The zero-order chi connectivity index (χ0) is 15.5. The van der Waals surface area contributed by atoms with E-state index in [-0.39, 0.29) is 11.7 Å². The Morgan fingerprint density at radius 3 is 2.64 bits per heavy atom. The van der Waals surface area contributed by atoms with Crippen LogP contribution in [0.25, 0.3) is 0 Å². The first kappa shape index (κ1) is 14.7. The van der Waals surface area contributed by atoms with Crippen molar-refractivity contribution in [2.24, 2.45) is 0 Å². The molecule has 2 aromatic rings. The molecule has 0 spiro atoms. The lowest BCUT2D eigenvalue weighted by Crippen LogP contribution is -2.17. The van der Waals surface area contributed by atoms with E-state index in [4.69, 9.17) is 17.3 Å². The van der Waals surface area contributed by atoms with Gasteiger partial charge in [0, 0.05) is 23.2 Å². The summed E-state index contributed by atoms with van der Waals surface area (Å²) in [5.41, 5.74) is 9.36. The van der Waals surface area contributed by atoms with Crippen LogP contribution >= 0.6 is 11.6 Å². The van der Waals surface area contributed by atoms with Crippen LogP contribution in [0.5, 0.6) is 0 Å². The molecule has 1 aliphatic rings. The minimum Gasteiger partial charge on any atom is -0.397 e. The van der Waals surface area contributed by atoms with E-state index in [0.717, 1.165) is 17.8 Å². The van der Waals surface area contributed by atoms with Gasteiger partial charge in [0.1, 0.15) is 0 Å². The average Bonchev–Trinajstić information content (AvgIpc) is 2.51. The average molecular weight is 313 g/mol. The third-order valence-corrected chi connectivity index (χ3v) is 4.07. The molecule has 3 nitrogen and oxygen atoms in total. The van der Waals surface area contributed by atoms with Crippen molar-refractivity contribution in [2.45, 2.75) is 18.8 Å². The minimum atomic E-state index is 0.128. The first-order valence-electron chi connectivity index (χ1n) is 7.22. The number of benzene rings is 2. The van der Waals surface area contributed by atoms with Crippen molar-refractivity contribution >= 4 is 28.8 Å². The molecule has 0 amide bonds. The number of carbonyl (C=O) groups excluding carboxylic acids is 1. The number of halogens is 1. The highest BCUT2D eigenvalue weighted by atomic mass is 35.5. The van der Waals surface area contributed by atoms with Crippen LogP contribution in [0.15, 0.2) is 60.3 Å². The predicted molar refractivity (Wildman–Crippen MR) is 91.0 cm³/mol. The summed E-state index contributed by atoms with van der Waals surface area (Å²) in [6, 6.07) is 15.4. The number of hydrogen-bond acceptors (Lipinski definition) is 3. The molecule has 3 N–H and O–H groups in total. The van der Waals surface area contributed by atoms with Crippen molar-refractivity contribution < 1.29 is 4.79 Å². The molecule has 0 heterocycles. The smallest absolute Gasteiger partial charge is 0.158 e. The number of nitrogens with one attached hydrogen (secondary N) is 1. The highest BCUT2D eigenvalue weighted by molar-refractivity contribution is 6.31. The van der Waals surface area contributed by atoms with Gasteiger partial charge >= 0.3 is 0 Å². The van der Waals surface area contributed by atoms with Gasteiger partial charge in [0.25, 0.3) is 0 Å². The van der Waals surface area contributed by atoms with Crippen molar-refractivity contribution in [1.82, 2.24) is 0 Å². The second-order valence-electron chi connectivity index (χ2n) is 5.51. The Balaban J connectivity index is 1.82. The summed E-state index contributed by atoms with van der Waals surface area (Å²) in [5, 5.41) is 3.86. The largest absolute Gasteiger partial charge is 0.397 e. The summed E-state index contributed by atoms with van der Waals surface area (Å²) in [6.07, 6.45) is 2.99. The zero-order valence-electron chi connectivity index (χ0n) is 12.1. The van der Waals surface area contributed by atoms with Crippen LogP contribution in [-0.2, 0) is 4.79 Å². The van der Waals surface area contributed by atoms with Crippen molar-refractivity contribution in [3.8, 4) is 0 Å². The van der Waals surface area contributed by atoms with E-state index in [1.165, 1.54) is 5.56 Å². The number of hydrogen-bond donors (Lipinski definition) is 2.